The van der Waals surface area contributed by atoms with Gasteiger partial charge in [-0.1, -0.05) is 12.8 Å². The van der Waals surface area contributed by atoms with E-state index in [1.165, 1.54) is 25.7 Å². The maximum Gasteiger partial charge on any atom is 0.0824 e. The first-order chi connectivity index (χ1) is 6.72. The van der Waals surface area contributed by atoms with Gasteiger partial charge in [-0.15, -0.1) is 0 Å². The summed E-state index contributed by atoms with van der Waals surface area (Å²) >= 11 is 0. The summed E-state index contributed by atoms with van der Waals surface area (Å²) in [5, 5.41) is 13.7. The minimum atomic E-state index is -0.583. The predicted octanol–water partition coefficient (Wildman–Crippen LogP) is 0.618. The number of hydrogen-bond donors (Lipinski definition) is 3. The minimum Gasteiger partial charge on any atom is -0.388 e. The molecule has 4 N–H and O–H groups in total. The molecule has 0 amide bonds. The van der Waals surface area contributed by atoms with Crippen molar-refractivity contribution in [3.05, 3.63) is 0 Å². The Morgan fingerprint density at radius 1 is 1.21 bits per heavy atom. The molecule has 3 heteroatoms. The number of nitrogens with one attached hydrogen (secondary N) is 1. The van der Waals surface area contributed by atoms with E-state index in [1.54, 1.807) is 0 Å². The second-order valence-electron chi connectivity index (χ2n) is 4.92. The average Bonchev–Trinajstić information content (AvgIpc) is 2.70. The molecule has 0 bridgehead atoms. The smallest absolute Gasteiger partial charge is 0.0824 e. The quantitative estimate of drug-likeness (QED) is 0.609. The normalized spacial score (nSPS) is 30.4. The van der Waals surface area contributed by atoms with E-state index in [9.17, 15) is 5.11 Å². The number of nitrogens with two attached hydrogens (primary N) is 1. The molecule has 82 valence electrons. The first-order valence-corrected chi connectivity index (χ1v) is 5.91. The summed E-state index contributed by atoms with van der Waals surface area (Å²) in [7, 11) is 0. The van der Waals surface area contributed by atoms with Gasteiger partial charge in [-0.3, -0.25) is 0 Å². The molecule has 0 aromatic carbocycles. The van der Waals surface area contributed by atoms with Crippen LogP contribution in [-0.4, -0.2) is 29.8 Å². The van der Waals surface area contributed by atoms with Crippen molar-refractivity contribution in [2.45, 2.75) is 50.2 Å². The molecule has 2 aliphatic rings. The summed E-state index contributed by atoms with van der Waals surface area (Å²) in [6.07, 6.45) is 6.68. The summed E-state index contributed by atoms with van der Waals surface area (Å²) in [6, 6.07) is 0.00657. The Kier molecular flexibility index (Phi) is 3.10. The van der Waals surface area contributed by atoms with Crippen LogP contribution >= 0.6 is 0 Å². The molecule has 1 heterocycles. The molecule has 14 heavy (non-hydrogen) atoms. The lowest BCUT2D eigenvalue weighted by Crippen LogP contribution is -2.56. The average molecular weight is 198 g/mol. The highest BCUT2D eigenvalue weighted by Crippen LogP contribution is 2.34. The molecule has 0 aromatic rings. The number of rotatable bonds is 2. The Hall–Kier alpha value is -0.120. The van der Waals surface area contributed by atoms with Crippen LogP contribution in [-0.2, 0) is 0 Å². The number of aliphatic hydroxyl groups is 1. The Morgan fingerprint density at radius 2 is 1.79 bits per heavy atom. The molecule has 1 aliphatic heterocycles. The van der Waals surface area contributed by atoms with Crippen LogP contribution in [0.25, 0.3) is 0 Å². The van der Waals surface area contributed by atoms with E-state index < -0.39 is 5.60 Å². The summed E-state index contributed by atoms with van der Waals surface area (Å²) in [4.78, 5) is 0. The maximum atomic E-state index is 10.4. The molecule has 2 rings (SSSR count). The van der Waals surface area contributed by atoms with Crippen molar-refractivity contribution in [3.63, 3.8) is 0 Å². The summed E-state index contributed by atoms with van der Waals surface area (Å²) in [5.74, 6) is 0.568. The van der Waals surface area contributed by atoms with E-state index in [4.69, 9.17) is 5.73 Å². The fraction of sp³-hybridized carbons (Fsp3) is 1.00. The highest BCUT2D eigenvalue weighted by Gasteiger charge is 2.40. The Labute approximate surface area is 86.1 Å². The third-order valence-corrected chi connectivity index (χ3v) is 4.00. The molecule has 3 nitrogen and oxygen atoms in total. The van der Waals surface area contributed by atoms with Gasteiger partial charge < -0.3 is 16.2 Å². The molecule has 1 saturated heterocycles. The molecule has 1 saturated carbocycles. The van der Waals surface area contributed by atoms with Gasteiger partial charge >= 0.3 is 0 Å². The lowest BCUT2D eigenvalue weighted by atomic mass is 9.78. The van der Waals surface area contributed by atoms with Crippen molar-refractivity contribution in [1.29, 1.82) is 0 Å². The minimum absolute atomic E-state index is 0.00657. The Morgan fingerprint density at radius 3 is 2.36 bits per heavy atom. The lowest BCUT2D eigenvalue weighted by molar-refractivity contribution is -0.0293. The first kappa shape index (κ1) is 10.4. The van der Waals surface area contributed by atoms with Crippen LogP contribution in [0.2, 0.25) is 0 Å². The van der Waals surface area contributed by atoms with Crippen molar-refractivity contribution in [1.82, 2.24) is 5.32 Å². The van der Waals surface area contributed by atoms with Crippen LogP contribution in [0.5, 0.6) is 0 Å². The maximum absolute atomic E-state index is 10.4. The molecule has 1 atom stereocenters. The Bertz CT molecular complexity index is 184. The second kappa shape index (κ2) is 4.17. The topological polar surface area (TPSA) is 58.3 Å². The van der Waals surface area contributed by atoms with Gasteiger partial charge in [0.05, 0.1) is 5.60 Å². The van der Waals surface area contributed by atoms with Crippen LogP contribution in [0, 0.1) is 5.92 Å². The molecule has 0 aromatic heterocycles. The van der Waals surface area contributed by atoms with Crippen LogP contribution in [0.15, 0.2) is 0 Å². The number of piperidine rings is 1. The number of hydrogen-bond acceptors (Lipinski definition) is 3. The molecular weight excluding hydrogens is 176 g/mol. The third kappa shape index (κ3) is 1.95. The standard InChI is InChI=1S/C11H22N2O/c12-10(9-3-1-2-4-9)11(14)5-7-13-8-6-11/h9-10,13-14H,1-8,12H2. The SMILES string of the molecule is NC(C1CCCC1)C1(O)CCNCC1. The van der Waals surface area contributed by atoms with Gasteiger partial charge in [-0.2, -0.15) is 0 Å². The van der Waals surface area contributed by atoms with E-state index in [-0.39, 0.29) is 6.04 Å². The van der Waals surface area contributed by atoms with Gasteiger partial charge in [0.1, 0.15) is 0 Å². The molecule has 1 aliphatic carbocycles. The summed E-state index contributed by atoms with van der Waals surface area (Å²) in [5.41, 5.74) is 5.63. The lowest BCUT2D eigenvalue weighted by Gasteiger charge is -2.40. The van der Waals surface area contributed by atoms with Crippen molar-refractivity contribution in [2.24, 2.45) is 11.7 Å². The molecule has 0 radical (unpaired) electrons. The predicted molar refractivity (Wildman–Crippen MR) is 57.0 cm³/mol. The third-order valence-electron chi connectivity index (χ3n) is 4.00. The monoisotopic (exact) mass is 198 g/mol. The highest BCUT2D eigenvalue weighted by atomic mass is 16.3. The van der Waals surface area contributed by atoms with E-state index in [2.05, 4.69) is 5.32 Å². The van der Waals surface area contributed by atoms with E-state index in [1.807, 2.05) is 0 Å². The van der Waals surface area contributed by atoms with Crippen molar-refractivity contribution < 1.29 is 5.11 Å². The zero-order valence-corrected chi connectivity index (χ0v) is 8.84. The Balaban J connectivity index is 1.96. The van der Waals surface area contributed by atoms with E-state index in [0.717, 1.165) is 25.9 Å². The summed E-state index contributed by atoms with van der Waals surface area (Å²) < 4.78 is 0. The van der Waals surface area contributed by atoms with Gasteiger partial charge in [0.25, 0.3) is 0 Å². The van der Waals surface area contributed by atoms with Crippen LogP contribution < -0.4 is 11.1 Å². The molecule has 0 spiro atoms. The molecular formula is C11H22N2O. The largest absolute Gasteiger partial charge is 0.388 e. The second-order valence-corrected chi connectivity index (χ2v) is 4.92. The van der Waals surface area contributed by atoms with E-state index >= 15 is 0 Å². The summed E-state index contributed by atoms with van der Waals surface area (Å²) in [6.45, 7) is 1.83. The van der Waals surface area contributed by atoms with Gasteiger partial charge in [0, 0.05) is 6.04 Å². The van der Waals surface area contributed by atoms with Gasteiger partial charge in [-0.25, -0.2) is 0 Å². The van der Waals surface area contributed by atoms with Crippen molar-refractivity contribution >= 4 is 0 Å². The van der Waals surface area contributed by atoms with E-state index in [0.29, 0.717) is 5.92 Å². The van der Waals surface area contributed by atoms with Crippen LogP contribution in [0.1, 0.15) is 38.5 Å². The van der Waals surface area contributed by atoms with Crippen molar-refractivity contribution in [2.75, 3.05) is 13.1 Å². The van der Waals surface area contributed by atoms with Crippen LogP contribution in [0.3, 0.4) is 0 Å². The fourth-order valence-corrected chi connectivity index (χ4v) is 2.95. The van der Waals surface area contributed by atoms with Gasteiger partial charge in [0.2, 0.25) is 0 Å². The fourth-order valence-electron chi connectivity index (χ4n) is 2.95. The highest BCUT2D eigenvalue weighted by molar-refractivity contribution is 4.97. The van der Waals surface area contributed by atoms with Crippen molar-refractivity contribution in [3.8, 4) is 0 Å². The first-order valence-electron chi connectivity index (χ1n) is 5.91. The van der Waals surface area contributed by atoms with Crippen LogP contribution in [0.4, 0.5) is 0 Å². The zero-order valence-electron chi connectivity index (χ0n) is 8.84. The molecule has 1 unspecified atom stereocenters. The van der Waals surface area contributed by atoms with Gasteiger partial charge in [-0.05, 0) is 44.7 Å². The molecule has 2 fully saturated rings. The van der Waals surface area contributed by atoms with Gasteiger partial charge in [0.15, 0.2) is 0 Å². The zero-order chi connectivity index (χ0) is 10.0.